The van der Waals surface area contributed by atoms with E-state index >= 15 is 0 Å². The first-order valence-corrected chi connectivity index (χ1v) is 6.17. The molecule has 0 bridgehead atoms. The molecule has 1 N–H and O–H groups in total. The molecule has 92 valence electrons. The van der Waals surface area contributed by atoms with Crippen molar-refractivity contribution in [2.45, 2.75) is 32.4 Å². The monoisotopic (exact) mass is 253 g/mol. The van der Waals surface area contributed by atoms with Crippen LogP contribution in [0.3, 0.4) is 0 Å². The van der Waals surface area contributed by atoms with E-state index in [2.05, 4.69) is 0 Å². The van der Waals surface area contributed by atoms with Gasteiger partial charge in [0.2, 0.25) is 0 Å². The molecule has 1 fully saturated rings. The van der Waals surface area contributed by atoms with E-state index in [1.807, 2.05) is 30.0 Å². The lowest BCUT2D eigenvalue weighted by Gasteiger charge is -2.21. The average molecular weight is 254 g/mol. The molecule has 0 aromatic heterocycles. The van der Waals surface area contributed by atoms with Gasteiger partial charge in [0.15, 0.2) is 0 Å². The number of nitrogens with zero attached hydrogens (tertiary/aromatic N) is 1. The van der Waals surface area contributed by atoms with Gasteiger partial charge in [0.25, 0.3) is 0 Å². The Morgan fingerprint density at radius 3 is 3.00 bits per heavy atom. The Morgan fingerprint density at radius 1 is 1.59 bits per heavy atom. The molecule has 4 heteroatoms. The van der Waals surface area contributed by atoms with Crippen LogP contribution >= 0.6 is 11.6 Å². The molecule has 1 unspecified atom stereocenters. The van der Waals surface area contributed by atoms with Gasteiger partial charge in [-0.25, -0.2) is 0 Å². The summed E-state index contributed by atoms with van der Waals surface area (Å²) in [5.41, 5.74) is 2.13. The lowest BCUT2D eigenvalue weighted by atomic mass is 10.1. The summed E-state index contributed by atoms with van der Waals surface area (Å²) in [5, 5.41) is 9.82. The molecule has 1 aromatic rings. The number of benzene rings is 1. The number of carboxylic acids is 1. The highest BCUT2D eigenvalue weighted by molar-refractivity contribution is 6.31. The van der Waals surface area contributed by atoms with E-state index in [0.717, 1.165) is 35.5 Å². The fraction of sp³-hybridized carbons (Fsp3) is 0.462. The lowest BCUT2D eigenvalue weighted by molar-refractivity contribution is -0.142. The van der Waals surface area contributed by atoms with Crippen molar-refractivity contribution in [1.29, 1.82) is 0 Å². The summed E-state index contributed by atoms with van der Waals surface area (Å²) >= 11 is 6.16. The van der Waals surface area contributed by atoms with Crippen LogP contribution in [-0.4, -0.2) is 28.6 Å². The predicted molar refractivity (Wildman–Crippen MR) is 67.3 cm³/mol. The van der Waals surface area contributed by atoms with Gasteiger partial charge in [-0.2, -0.15) is 0 Å². The molecular weight excluding hydrogens is 238 g/mol. The Kier molecular flexibility index (Phi) is 3.69. The molecule has 0 amide bonds. The SMILES string of the molecule is Cc1ccc(CN2CCCC2C(=O)O)c(Cl)c1. The Balaban J connectivity index is 2.12. The summed E-state index contributed by atoms with van der Waals surface area (Å²) < 4.78 is 0. The van der Waals surface area contributed by atoms with E-state index in [9.17, 15) is 4.79 Å². The first-order valence-electron chi connectivity index (χ1n) is 5.80. The third-order valence-corrected chi connectivity index (χ3v) is 3.58. The minimum Gasteiger partial charge on any atom is -0.480 e. The second kappa shape index (κ2) is 5.07. The highest BCUT2D eigenvalue weighted by Crippen LogP contribution is 2.24. The maximum Gasteiger partial charge on any atom is 0.320 e. The molecule has 1 aliphatic rings. The quantitative estimate of drug-likeness (QED) is 0.901. The van der Waals surface area contributed by atoms with E-state index < -0.39 is 5.97 Å². The molecule has 0 aliphatic carbocycles. The van der Waals surface area contributed by atoms with Crippen LogP contribution in [0.4, 0.5) is 0 Å². The summed E-state index contributed by atoms with van der Waals surface area (Å²) in [6, 6.07) is 5.55. The van der Waals surface area contributed by atoms with E-state index in [1.165, 1.54) is 0 Å². The molecule has 0 radical (unpaired) electrons. The van der Waals surface area contributed by atoms with Crippen LogP contribution in [0.25, 0.3) is 0 Å². The van der Waals surface area contributed by atoms with Gasteiger partial charge in [-0.15, -0.1) is 0 Å². The minimum absolute atomic E-state index is 0.354. The summed E-state index contributed by atoms with van der Waals surface area (Å²) in [7, 11) is 0. The van der Waals surface area contributed by atoms with Crippen LogP contribution in [0.1, 0.15) is 24.0 Å². The molecule has 1 heterocycles. The van der Waals surface area contributed by atoms with Gasteiger partial charge >= 0.3 is 5.97 Å². The maximum absolute atomic E-state index is 11.1. The fourth-order valence-corrected chi connectivity index (χ4v) is 2.59. The summed E-state index contributed by atoms with van der Waals surface area (Å²) in [6.45, 7) is 3.45. The first kappa shape index (κ1) is 12.4. The van der Waals surface area contributed by atoms with Crippen LogP contribution in [0.15, 0.2) is 18.2 Å². The number of rotatable bonds is 3. The summed E-state index contributed by atoms with van der Waals surface area (Å²) in [4.78, 5) is 13.1. The highest BCUT2D eigenvalue weighted by Gasteiger charge is 2.30. The number of halogens is 1. The zero-order valence-corrected chi connectivity index (χ0v) is 10.6. The smallest absolute Gasteiger partial charge is 0.320 e. The van der Waals surface area contributed by atoms with Gasteiger partial charge in [-0.05, 0) is 43.5 Å². The molecule has 1 aliphatic heterocycles. The number of hydrogen-bond acceptors (Lipinski definition) is 2. The number of carboxylic acid groups (broad SMARTS) is 1. The Bertz CT molecular complexity index is 433. The molecule has 1 saturated heterocycles. The molecule has 0 spiro atoms. The van der Waals surface area contributed by atoms with Crippen molar-refractivity contribution in [2.24, 2.45) is 0 Å². The van der Waals surface area contributed by atoms with Crippen LogP contribution < -0.4 is 0 Å². The van der Waals surface area contributed by atoms with Gasteiger partial charge in [0.05, 0.1) is 0 Å². The van der Waals surface area contributed by atoms with Crippen molar-refractivity contribution in [3.8, 4) is 0 Å². The zero-order valence-electron chi connectivity index (χ0n) is 9.82. The fourth-order valence-electron chi connectivity index (χ4n) is 2.29. The molecule has 0 saturated carbocycles. The second-order valence-electron chi connectivity index (χ2n) is 4.56. The zero-order chi connectivity index (χ0) is 12.4. The van der Waals surface area contributed by atoms with Gasteiger partial charge in [-0.3, -0.25) is 9.69 Å². The second-order valence-corrected chi connectivity index (χ2v) is 4.97. The first-order chi connectivity index (χ1) is 8.08. The third kappa shape index (κ3) is 2.79. The van der Waals surface area contributed by atoms with Crippen LogP contribution in [0, 0.1) is 6.92 Å². The van der Waals surface area contributed by atoms with E-state index in [0.29, 0.717) is 6.54 Å². The number of aliphatic carboxylic acids is 1. The Labute approximate surface area is 106 Å². The minimum atomic E-state index is -0.731. The molecule has 1 aromatic carbocycles. The van der Waals surface area contributed by atoms with Crippen LogP contribution in [0.5, 0.6) is 0 Å². The molecule has 2 rings (SSSR count). The van der Waals surface area contributed by atoms with Crippen molar-refractivity contribution in [3.05, 3.63) is 34.3 Å². The van der Waals surface area contributed by atoms with Gasteiger partial charge in [0, 0.05) is 11.6 Å². The van der Waals surface area contributed by atoms with Crippen molar-refractivity contribution >= 4 is 17.6 Å². The molecular formula is C13H16ClNO2. The van der Waals surface area contributed by atoms with Gasteiger partial charge in [-0.1, -0.05) is 23.7 Å². The maximum atomic E-state index is 11.1. The number of hydrogen-bond donors (Lipinski definition) is 1. The molecule has 1 atom stereocenters. The average Bonchev–Trinajstić information content (AvgIpc) is 2.70. The normalized spacial score (nSPS) is 20.7. The van der Waals surface area contributed by atoms with Gasteiger partial charge < -0.3 is 5.11 Å². The van der Waals surface area contributed by atoms with Crippen LogP contribution in [0.2, 0.25) is 5.02 Å². The number of likely N-dealkylation sites (tertiary alicyclic amines) is 1. The third-order valence-electron chi connectivity index (χ3n) is 3.23. The standard InChI is InChI=1S/C13H16ClNO2/c1-9-4-5-10(11(14)7-9)8-15-6-2-3-12(15)13(16)17/h4-5,7,12H,2-3,6,8H2,1H3,(H,16,17). The van der Waals surface area contributed by atoms with E-state index in [4.69, 9.17) is 16.7 Å². The largest absolute Gasteiger partial charge is 0.480 e. The Hall–Kier alpha value is -1.06. The van der Waals surface area contributed by atoms with E-state index in [-0.39, 0.29) is 6.04 Å². The van der Waals surface area contributed by atoms with Crippen molar-refractivity contribution in [2.75, 3.05) is 6.54 Å². The van der Waals surface area contributed by atoms with Crippen molar-refractivity contribution in [3.63, 3.8) is 0 Å². The predicted octanol–water partition coefficient (Wildman–Crippen LogP) is 2.70. The van der Waals surface area contributed by atoms with E-state index in [1.54, 1.807) is 0 Å². The number of carbonyl (C=O) groups is 1. The van der Waals surface area contributed by atoms with Gasteiger partial charge in [0.1, 0.15) is 6.04 Å². The summed E-state index contributed by atoms with van der Waals surface area (Å²) in [6.07, 6.45) is 1.68. The lowest BCUT2D eigenvalue weighted by Crippen LogP contribution is -2.35. The van der Waals surface area contributed by atoms with Crippen molar-refractivity contribution in [1.82, 2.24) is 4.90 Å². The number of aryl methyl sites for hydroxylation is 1. The van der Waals surface area contributed by atoms with Crippen molar-refractivity contribution < 1.29 is 9.90 Å². The topological polar surface area (TPSA) is 40.5 Å². The molecule has 17 heavy (non-hydrogen) atoms. The van der Waals surface area contributed by atoms with Crippen LogP contribution in [-0.2, 0) is 11.3 Å². The Morgan fingerprint density at radius 2 is 2.35 bits per heavy atom. The summed E-state index contributed by atoms with van der Waals surface area (Å²) in [5.74, 6) is -0.731. The highest BCUT2D eigenvalue weighted by atomic mass is 35.5. The molecule has 3 nitrogen and oxygen atoms in total.